The van der Waals surface area contributed by atoms with E-state index in [2.05, 4.69) is 10.0 Å². The van der Waals surface area contributed by atoms with Gasteiger partial charge in [0, 0.05) is 5.02 Å². The lowest BCUT2D eigenvalue weighted by Gasteiger charge is -2.19. The summed E-state index contributed by atoms with van der Waals surface area (Å²) in [7, 11) is -4.14. The van der Waals surface area contributed by atoms with Crippen LogP contribution < -0.4 is 10.0 Å². The molecule has 0 aliphatic rings. The van der Waals surface area contributed by atoms with Crippen LogP contribution in [-0.4, -0.2) is 20.4 Å². The molecule has 3 aromatic rings. The van der Waals surface area contributed by atoms with Crippen LogP contribution in [0.4, 0.5) is 5.69 Å². The molecule has 0 aliphatic carbocycles. The molecule has 0 fully saturated rings. The molecule has 1 amide bonds. The summed E-state index contributed by atoms with van der Waals surface area (Å²) in [5, 5.41) is 3.22. The van der Waals surface area contributed by atoms with Crippen molar-refractivity contribution in [3.05, 3.63) is 93.4 Å². The summed E-state index contributed by atoms with van der Waals surface area (Å²) in [6.45, 7) is 0. The standard InChI is InChI=1S/C21H17Cl3N2O3S/c22-15-10-11-17(24)20(13-15)30(28,29)26-19(12-14-6-2-1-3-7-14)21(27)25-18-9-5-4-8-16(18)23/h1-11,13,19,26H,12H2,(H,25,27)/t19-/m0/s1. The number of para-hydroxylation sites is 1. The van der Waals surface area contributed by atoms with Crippen molar-refractivity contribution in [3.63, 3.8) is 0 Å². The third-order valence-corrected chi connectivity index (χ3v) is 6.73. The molecular weight excluding hydrogens is 467 g/mol. The summed E-state index contributed by atoms with van der Waals surface area (Å²) in [6, 6.07) is 18.7. The van der Waals surface area contributed by atoms with Crippen molar-refractivity contribution in [1.82, 2.24) is 4.72 Å². The predicted molar refractivity (Wildman–Crippen MR) is 121 cm³/mol. The summed E-state index contributed by atoms with van der Waals surface area (Å²) >= 11 is 18.1. The monoisotopic (exact) mass is 482 g/mol. The second kappa shape index (κ2) is 9.81. The van der Waals surface area contributed by atoms with E-state index in [9.17, 15) is 13.2 Å². The third-order valence-electron chi connectivity index (χ3n) is 4.21. The molecule has 9 heteroatoms. The number of rotatable bonds is 7. The van der Waals surface area contributed by atoms with Gasteiger partial charge in [-0.05, 0) is 42.3 Å². The smallest absolute Gasteiger partial charge is 0.242 e. The molecule has 156 valence electrons. The number of hydrogen-bond acceptors (Lipinski definition) is 3. The Labute approximate surface area is 190 Å². The largest absolute Gasteiger partial charge is 0.323 e. The van der Waals surface area contributed by atoms with Crippen molar-refractivity contribution in [2.75, 3.05) is 5.32 Å². The minimum absolute atomic E-state index is 0.00290. The van der Waals surface area contributed by atoms with Crippen LogP contribution in [0.15, 0.2) is 77.7 Å². The summed E-state index contributed by atoms with van der Waals surface area (Å²) < 4.78 is 28.4. The topological polar surface area (TPSA) is 75.3 Å². The average molecular weight is 484 g/mol. The maximum Gasteiger partial charge on any atom is 0.242 e. The van der Waals surface area contributed by atoms with Crippen LogP contribution in [0.1, 0.15) is 5.56 Å². The number of halogens is 3. The molecule has 0 saturated carbocycles. The van der Waals surface area contributed by atoms with Gasteiger partial charge in [-0.25, -0.2) is 8.42 Å². The van der Waals surface area contributed by atoms with Crippen LogP contribution in [0, 0.1) is 0 Å². The average Bonchev–Trinajstić information content (AvgIpc) is 2.71. The first-order valence-corrected chi connectivity index (χ1v) is 11.4. The van der Waals surface area contributed by atoms with E-state index < -0.39 is 22.0 Å². The fourth-order valence-electron chi connectivity index (χ4n) is 2.75. The molecule has 0 heterocycles. The van der Waals surface area contributed by atoms with Crippen LogP contribution in [-0.2, 0) is 21.2 Å². The number of carbonyl (C=O) groups is 1. The van der Waals surface area contributed by atoms with Crippen molar-refractivity contribution >= 4 is 56.4 Å². The molecule has 2 N–H and O–H groups in total. The summed E-state index contributed by atoms with van der Waals surface area (Å²) in [5.41, 5.74) is 1.15. The van der Waals surface area contributed by atoms with Gasteiger partial charge in [0.05, 0.1) is 15.7 Å². The molecular formula is C21H17Cl3N2O3S. The fourth-order valence-corrected chi connectivity index (χ4v) is 4.89. The zero-order valence-corrected chi connectivity index (χ0v) is 18.6. The molecule has 3 rings (SSSR count). The Morgan fingerprint density at radius 2 is 1.53 bits per heavy atom. The predicted octanol–water partition coefficient (Wildman–Crippen LogP) is 5.18. The molecule has 0 saturated heterocycles. The van der Waals surface area contributed by atoms with Crippen molar-refractivity contribution in [2.45, 2.75) is 17.4 Å². The Bertz CT molecular complexity index is 1160. The van der Waals surface area contributed by atoms with Gasteiger partial charge < -0.3 is 5.32 Å². The minimum Gasteiger partial charge on any atom is -0.323 e. The van der Waals surface area contributed by atoms with Crippen LogP contribution in [0.2, 0.25) is 15.1 Å². The van der Waals surface area contributed by atoms with Gasteiger partial charge in [-0.2, -0.15) is 4.72 Å². The second-order valence-electron chi connectivity index (χ2n) is 6.41. The van der Waals surface area contributed by atoms with E-state index in [0.29, 0.717) is 10.7 Å². The molecule has 5 nitrogen and oxygen atoms in total. The van der Waals surface area contributed by atoms with E-state index in [-0.39, 0.29) is 21.4 Å². The maximum atomic E-state index is 13.0. The highest BCUT2D eigenvalue weighted by molar-refractivity contribution is 7.89. The Balaban J connectivity index is 1.91. The van der Waals surface area contributed by atoms with Crippen LogP contribution in [0.25, 0.3) is 0 Å². The maximum absolute atomic E-state index is 13.0. The summed E-state index contributed by atoms with van der Waals surface area (Å²) in [5.74, 6) is -0.561. The van der Waals surface area contributed by atoms with Gasteiger partial charge in [0.15, 0.2) is 0 Å². The van der Waals surface area contributed by atoms with E-state index in [1.165, 1.54) is 18.2 Å². The molecule has 0 aromatic heterocycles. The summed E-state index contributed by atoms with van der Waals surface area (Å²) in [6.07, 6.45) is 0.120. The van der Waals surface area contributed by atoms with Gasteiger partial charge in [-0.1, -0.05) is 77.3 Å². The lowest BCUT2D eigenvalue weighted by Crippen LogP contribution is -2.45. The van der Waals surface area contributed by atoms with Crippen molar-refractivity contribution in [3.8, 4) is 0 Å². The molecule has 1 atom stereocenters. The van der Waals surface area contributed by atoms with Gasteiger partial charge in [0.25, 0.3) is 0 Å². The van der Waals surface area contributed by atoms with Gasteiger partial charge in [-0.15, -0.1) is 0 Å². The highest BCUT2D eigenvalue weighted by atomic mass is 35.5. The number of sulfonamides is 1. The minimum atomic E-state index is -4.14. The normalized spacial score (nSPS) is 12.4. The molecule has 3 aromatic carbocycles. The molecule has 0 radical (unpaired) electrons. The second-order valence-corrected chi connectivity index (χ2v) is 9.34. The molecule has 0 bridgehead atoms. The fraction of sp³-hybridized carbons (Fsp3) is 0.0952. The number of amides is 1. The number of benzene rings is 3. The Morgan fingerprint density at radius 1 is 0.867 bits per heavy atom. The SMILES string of the molecule is O=C(Nc1ccccc1Cl)[C@H](Cc1ccccc1)NS(=O)(=O)c1cc(Cl)ccc1Cl. The van der Waals surface area contributed by atoms with Gasteiger partial charge in [0.1, 0.15) is 10.9 Å². The first-order valence-electron chi connectivity index (χ1n) is 8.83. The molecule has 30 heavy (non-hydrogen) atoms. The van der Waals surface area contributed by atoms with E-state index in [1.54, 1.807) is 48.5 Å². The van der Waals surface area contributed by atoms with E-state index >= 15 is 0 Å². The first-order chi connectivity index (χ1) is 14.3. The molecule has 0 unspecified atom stereocenters. The van der Waals surface area contributed by atoms with Crippen LogP contribution >= 0.6 is 34.8 Å². The number of nitrogens with one attached hydrogen (secondary N) is 2. The Morgan fingerprint density at radius 3 is 2.23 bits per heavy atom. The zero-order valence-electron chi connectivity index (χ0n) is 15.5. The lowest BCUT2D eigenvalue weighted by molar-refractivity contribution is -0.117. The highest BCUT2D eigenvalue weighted by Crippen LogP contribution is 2.26. The van der Waals surface area contributed by atoms with E-state index in [0.717, 1.165) is 5.56 Å². The molecule has 0 aliphatic heterocycles. The number of carbonyl (C=O) groups excluding carboxylic acids is 1. The van der Waals surface area contributed by atoms with Crippen molar-refractivity contribution < 1.29 is 13.2 Å². The molecule has 0 spiro atoms. The van der Waals surface area contributed by atoms with Crippen molar-refractivity contribution in [1.29, 1.82) is 0 Å². The Kier molecular flexibility index (Phi) is 7.39. The van der Waals surface area contributed by atoms with Crippen LogP contribution in [0.5, 0.6) is 0 Å². The lowest BCUT2D eigenvalue weighted by atomic mass is 10.1. The third kappa shape index (κ3) is 5.74. The van der Waals surface area contributed by atoms with Gasteiger partial charge >= 0.3 is 0 Å². The summed E-state index contributed by atoms with van der Waals surface area (Å²) in [4.78, 5) is 12.8. The number of hydrogen-bond donors (Lipinski definition) is 2. The quantitative estimate of drug-likeness (QED) is 0.486. The van der Waals surface area contributed by atoms with E-state index in [1.807, 2.05) is 6.07 Å². The van der Waals surface area contributed by atoms with Crippen molar-refractivity contribution in [2.24, 2.45) is 0 Å². The van der Waals surface area contributed by atoms with Crippen LogP contribution in [0.3, 0.4) is 0 Å². The highest BCUT2D eigenvalue weighted by Gasteiger charge is 2.28. The number of anilines is 1. The van der Waals surface area contributed by atoms with E-state index in [4.69, 9.17) is 34.8 Å². The first kappa shape index (κ1) is 22.6. The Hall–Kier alpha value is -2.09. The zero-order chi connectivity index (χ0) is 21.7. The van der Waals surface area contributed by atoms with Gasteiger partial charge in [-0.3, -0.25) is 4.79 Å². The van der Waals surface area contributed by atoms with Gasteiger partial charge in [0.2, 0.25) is 15.9 Å².